The molecule has 0 aliphatic heterocycles. The molecule has 0 heterocycles. The first kappa shape index (κ1) is 16.3. The lowest BCUT2D eigenvalue weighted by Crippen LogP contribution is -2.64. The molecular weight excluding hydrogens is 288 g/mol. The Bertz CT molecular complexity index is 544. The summed E-state index contributed by atoms with van der Waals surface area (Å²) < 4.78 is 5.33. The summed E-state index contributed by atoms with van der Waals surface area (Å²) in [7, 11) is 0. The molecule has 3 rings (SSSR count). The largest absolute Gasteiger partial charge is 0.444 e. The van der Waals surface area contributed by atoms with Crippen LogP contribution in [0.15, 0.2) is 30.3 Å². The molecule has 1 unspecified atom stereocenters. The van der Waals surface area contributed by atoms with Crippen molar-refractivity contribution in [3.05, 3.63) is 35.9 Å². The van der Waals surface area contributed by atoms with Crippen LogP contribution in [0.25, 0.3) is 0 Å². The van der Waals surface area contributed by atoms with Gasteiger partial charge in [0.2, 0.25) is 0 Å². The molecule has 1 aromatic rings. The Morgan fingerprint density at radius 2 is 1.96 bits per heavy atom. The van der Waals surface area contributed by atoms with Gasteiger partial charge in [0.1, 0.15) is 5.60 Å². The molecule has 2 saturated carbocycles. The molecule has 0 radical (unpaired) electrons. The predicted octanol–water partition coefficient (Wildman–Crippen LogP) is 3.61. The lowest BCUT2D eigenvalue weighted by atomic mass is 9.51. The van der Waals surface area contributed by atoms with Crippen LogP contribution in [0.4, 0.5) is 4.79 Å². The fraction of sp³-hybridized carbons (Fsp3) is 0.632. The van der Waals surface area contributed by atoms with Gasteiger partial charge in [0.05, 0.1) is 0 Å². The quantitative estimate of drug-likeness (QED) is 0.892. The molecule has 1 spiro atoms. The van der Waals surface area contributed by atoms with Gasteiger partial charge in [0.15, 0.2) is 0 Å². The highest BCUT2D eigenvalue weighted by atomic mass is 16.6. The van der Waals surface area contributed by atoms with Gasteiger partial charge in [-0.2, -0.15) is 0 Å². The third kappa shape index (κ3) is 3.86. The highest BCUT2D eigenvalue weighted by Gasteiger charge is 2.55. The minimum atomic E-state index is -0.429. The maximum absolute atomic E-state index is 11.8. The van der Waals surface area contributed by atoms with Gasteiger partial charge in [-0.25, -0.2) is 4.79 Å². The minimum absolute atomic E-state index is 0.270. The molecule has 4 nitrogen and oxygen atoms in total. The monoisotopic (exact) mass is 316 g/mol. The number of hydrogen-bond acceptors (Lipinski definition) is 3. The number of alkyl carbamates (subject to hydrolysis) is 1. The van der Waals surface area contributed by atoms with Crippen molar-refractivity contribution >= 4 is 6.09 Å². The molecule has 126 valence electrons. The number of amides is 1. The molecule has 2 N–H and O–H groups in total. The van der Waals surface area contributed by atoms with Gasteiger partial charge in [-0.05, 0) is 57.4 Å². The maximum atomic E-state index is 11.8. The van der Waals surface area contributed by atoms with Crippen molar-refractivity contribution in [2.45, 2.75) is 70.7 Å². The van der Waals surface area contributed by atoms with E-state index >= 15 is 0 Å². The lowest BCUT2D eigenvalue weighted by molar-refractivity contribution is -0.0462. The van der Waals surface area contributed by atoms with Gasteiger partial charge in [-0.3, -0.25) is 0 Å². The Balaban J connectivity index is 1.42. The van der Waals surface area contributed by atoms with Crippen LogP contribution < -0.4 is 10.6 Å². The van der Waals surface area contributed by atoms with E-state index in [2.05, 4.69) is 34.9 Å². The van der Waals surface area contributed by atoms with Gasteiger partial charge in [0, 0.05) is 18.6 Å². The van der Waals surface area contributed by atoms with Crippen LogP contribution in [0, 0.1) is 5.41 Å². The summed E-state index contributed by atoms with van der Waals surface area (Å²) in [5.41, 5.74) is 1.30. The number of hydrogen-bond donors (Lipinski definition) is 2. The Morgan fingerprint density at radius 1 is 1.26 bits per heavy atom. The van der Waals surface area contributed by atoms with Crippen molar-refractivity contribution in [3.63, 3.8) is 0 Å². The zero-order valence-corrected chi connectivity index (χ0v) is 14.4. The van der Waals surface area contributed by atoms with Crippen LogP contribution in [0.3, 0.4) is 0 Å². The van der Waals surface area contributed by atoms with Crippen LogP contribution in [-0.2, 0) is 11.3 Å². The Labute approximate surface area is 139 Å². The molecule has 23 heavy (non-hydrogen) atoms. The van der Waals surface area contributed by atoms with E-state index in [4.69, 9.17) is 4.74 Å². The van der Waals surface area contributed by atoms with Crippen molar-refractivity contribution in [2.24, 2.45) is 5.41 Å². The number of rotatable bonds is 4. The first-order valence-electron chi connectivity index (χ1n) is 8.63. The molecule has 0 bridgehead atoms. The molecule has 4 heteroatoms. The third-order valence-electron chi connectivity index (χ3n) is 5.09. The van der Waals surface area contributed by atoms with Gasteiger partial charge in [-0.15, -0.1) is 0 Å². The van der Waals surface area contributed by atoms with E-state index in [0.29, 0.717) is 11.5 Å². The lowest BCUT2D eigenvalue weighted by Gasteiger charge is -2.59. The number of carbonyl (C=O) groups is 1. The van der Waals surface area contributed by atoms with Crippen LogP contribution in [0.5, 0.6) is 0 Å². The summed E-state index contributed by atoms with van der Waals surface area (Å²) in [6.45, 7) is 6.61. The Morgan fingerprint density at radius 3 is 2.52 bits per heavy atom. The smallest absolute Gasteiger partial charge is 0.407 e. The number of carbonyl (C=O) groups excluding carboxylic acids is 1. The molecule has 1 amide bonds. The van der Waals surface area contributed by atoms with Crippen molar-refractivity contribution < 1.29 is 9.53 Å². The summed E-state index contributed by atoms with van der Waals surface area (Å²) in [6, 6.07) is 11.4. The van der Waals surface area contributed by atoms with E-state index in [1.807, 2.05) is 26.8 Å². The molecule has 1 atom stereocenters. The van der Waals surface area contributed by atoms with Crippen LogP contribution in [-0.4, -0.2) is 23.8 Å². The molecule has 2 aliphatic carbocycles. The second-order valence-electron chi connectivity index (χ2n) is 8.07. The minimum Gasteiger partial charge on any atom is -0.444 e. The fourth-order valence-corrected chi connectivity index (χ4v) is 3.84. The second-order valence-corrected chi connectivity index (χ2v) is 8.07. The van der Waals surface area contributed by atoms with Crippen LogP contribution in [0.1, 0.15) is 52.0 Å². The topological polar surface area (TPSA) is 50.4 Å². The fourth-order valence-electron chi connectivity index (χ4n) is 3.84. The Kier molecular flexibility index (Phi) is 4.37. The van der Waals surface area contributed by atoms with E-state index in [-0.39, 0.29) is 12.1 Å². The molecule has 0 saturated heterocycles. The SMILES string of the molecule is CC(C)(C)OC(=O)NC1CC2(CCC2NCc2ccccc2)C1. The maximum Gasteiger partial charge on any atom is 0.407 e. The molecule has 2 fully saturated rings. The standard InChI is InChI=1S/C19H28N2O2/c1-18(2,3)23-17(22)21-15-11-19(12-15)10-9-16(19)20-13-14-7-5-4-6-8-14/h4-8,15-16,20H,9-13H2,1-3H3,(H,21,22). The predicted molar refractivity (Wildman–Crippen MR) is 91.1 cm³/mol. The van der Waals surface area contributed by atoms with Crippen molar-refractivity contribution in [3.8, 4) is 0 Å². The highest BCUT2D eigenvalue weighted by Crippen LogP contribution is 2.56. The first-order chi connectivity index (χ1) is 10.9. The van der Waals surface area contributed by atoms with Crippen molar-refractivity contribution in [1.29, 1.82) is 0 Å². The van der Waals surface area contributed by atoms with Gasteiger partial charge >= 0.3 is 6.09 Å². The summed E-state index contributed by atoms with van der Waals surface area (Å²) in [5, 5.41) is 6.70. The molecule has 0 aromatic heterocycles. The van der Waals surface area contributed by atoms with E-state index in [0.717, 1.165) is 19.4 Å². The number of ether oxygens (including phenoxy) is 1. The van der Waals surface area contributed by atoms with E-state index in [9.17, 15) is 4.79 Å². The van der Waals surface area contributed by atoms with Crippen LogP contribution >= 0.6 is 0 Å². The zero-order valence-electron chi connectivity index (χ0n) is 14.4. The van der Waals surface area contributed by atoms with Crippen molar-refractivity contribution in [1.82, 2.24) is 10.6 Å². The summed E-state index contributed by atoms with van der Waals surface area (Å²) >= 11 is 0. The number of nitrogens with one attached hydrogen (secondary N) is 2. The summed E-state index contributed by atoms with van der Waals surface area (Å²) in [6.07, 6.45) is 4.36. The highest BCUT2D eigenvalue weighted by molar-refractivity contribution is 5.68. The van der Waals surface area contributed by atoms with Gasteiger partial charge in [0.25, 0.3) is 0 Å². The third-order valence-corrected chi connectivity index (χ3v) is 5.09. The van der Waals surface area contributed by atoms with Gasteiger partial charge < -0.3 is 15.4 Å². The average molecular weight is 316 g/mol. The molecule has 2 aliphatic rings. The second kappa shape index (κ2) is 6.16. The number of benzene rings is 1. The molecular formula is C19H28N2O2. The summed E-state index contributed by atoms with van der Waals surface area (Å²) in [4.78, 5) is 11.8. The van der Waals surface area contributed by atoms with E-state index in [1.165, 1.54) is 18.4 Å². The van der Waals surface area contributed by atoms with Crippen LogP contribution in [0.2, 0.25) is 0 Å². The van der Waals surface area contributed by atoms with E-state index in [1.54, 1.807) is 0 Å². The molecule has 1 aromatic carbocycles. The van der Waals surface area contributed by atoms with Crippen molar-refractivity contribution in [2.75, 3.05) is 0 Å². The normalized spacial score (nSPS) is 29.5. The first-order valence-corrected chi connectivity index (χ1v) is 8.63. The van der Waals surface area contributed by atoms with Gasteiger partial charge in [-0.1, -0.05) is 30.3 Å². The zero-order chi connectivity index (χ0) is 16.5. The van der Waals surface area contributed by atoms with E-state index < -0.39 is 5.60 Å². The average Bonchev–Trinajstić information content (AvgIpc) is 2.40. The Hall–Kier alpha value is -1.55. The summed E-state index contributed by atoms with van der Waals surface area (Å²) in [5.74, 6) is 0.